The van der Waals surface area contributed by atoms with Gasteiger partial charge >= 0.3 is 11.9 Å². The van der Waals surface area contributed by atoms with Crippen LogP contribution in [0.5, 0.6) is 0 Å². The van der Waals surface area contributed by atoms with Gasteiger partial charge in [0.05, 0.1) is 6.10 Å². The molecule has 0 fully saturated rings. The molecule has 11 heteroatoms. The molecular weight excluding hydrogens is 468 g/mol. The molecule has 0 unspecified atom stereocenters. The van der Waals surface area contributed by atoms with Crippen LogP contribution in [0.2, 0.25) is 0 Å². The molecule has 0 aliphatic rings. The first-order chi connectivity index (χ1) is 16.9. The summed E-state index contributed by atoms with van der Waals surface area (Å²) in [6.45, 7) is 7.81. The van der Waals surface area contributed by atoms with Gasteiger partial charge < -0.3 is 25.0 Å². The van der Waals surface area contributed by atoms with Gasteiger partial charge in [0.1, 0.15) is 17.4 Å². The highest BCUT2D eigenvalue weighted by atomic mass is 16.5. The number of pyridine rings is 1. The summed E-state index contributed by atoms with van der Waals surface area (Å²) in [6, 6.07) is 1.89. The normalized spacial score (nSPS) is 11.7. The summed E-state index contributed by atoms with van der Waals surface area (Å²) in [5.74, 6) is -2.28. The molecule has 1 atom stereocenters. The first-order valence-corrected chi connectivity index (χ1v) is 12.2. The third-order valence-corrected chi connectivity index (χ3v) is 5.21. The summed E-state index contributed by atoms with van der Waals surface area (Å²) >= 11 is 0. The van der Waals surface area contributed by atoms with Crippen LogP contribution in [0.4, 0.5) is 5.69 Å². The fourth-order valence-corrected chi connectivity index (χ4v) is 3.30. The molecule has 4 N–H and O–H groups in total. The lowest BCUT2D eigenvalue weighted by Gasteiger charge is -2.20. The standard InChI is InChI=1S/C25H38N4O7/c1-16(2)13-14-27-23(33)20(11-12-22(31)32)29-15-7-9-19(24(29)34)28-21(30)10-6-5-8-18(26)25(35)36-17(3)4/h7,9,15-17,20,26H,5-6,8,10-14H2,1-4H3,(H,27,33)(H,28,30)(H,31,32)/t20-/m0/s1. The summed E-state index contributed by atoms with van der Waals surface area (Å²) in [7, 11) is 0. The van der Waals surface area contributed by atoms with Crippen LogP contribution in [0, 0.1) is 11.3 Å². The number of carboxylic acids is 1. The molecule has 1 aromatic rings. The second-order valence-corrected chi connectivity index (χ2v) is 9.24. The van der Waals surface area contributed by atoms with Gasteiger partial charge in [-0.05, 0) is 64.0 Å². The van der Waals surface area contributed by atoms with Gasteiger partial charge in [-0.1, -0.05) is 13.8 Å². The summed E-state index contributed by atoms with van der Waals surface area (Å²) in [5.41, 5.74) is -0.793. The van der Waals surface area contributed by atoms with Crippen molar-refractivity contribution >= 4 is 35.2 Å². The topological polar surface area (TPSA) is 168 Å². The number of unbranched alkanes of at least 4 members (excludes halogenated alkanes) is 1. The number of hydrogen-bond acceptors (Lipinski definition) is 7. The van der Waals surface area contributed by atoms with Gasteiger partial charge in [0.25, 0.3) is 5.56 Å². The Morgan fingerprint density at radius 2 is 1.72 bits per heavy atom. The average Bonchev–Trinajstić information content (AvgIpc) is 2.78. The van der Waals surface area contributed by atoms with Crippen LogP contribution in [0.25, 0.3) is 0 Å². The molecule has 1 heterocycles. The molecule has 200 valence electrons. The predicted octanol–water partition coefficient (Wildman–Crippen LogP) is 2.89. The van der Waals surface area contributed by atoms with Crippen molar-refractivity contribution in [2.24, 2.45) is 5.92 Å². The molecule has 0 saturated heterocycles. The number of nitrogens with zero attached hydrogens (tertiary/aromatic N) is 1. The Labute approximate surface area is 211 Å². The SMILES string of the molecule is CC(C)CCNC(=O)[C@H](CCC(=O)O)n1cccc(NC(=O)CCCCC(=N)C(=O)OC(C)C)c1=O. The van der Waals surface area contributed by atoms with Gasteiger partial charge in [0.2, 0.25) is 11.8 Å². The van der Waals surface area contributed by atoms with Crippen molar-refractivity contribution in [3.05, 3.63) is 28.7 Å². The molecule has 0 saturated carbocycles. The van der Waals surface area contributed by atoms with E-state index in [-0.39, 0.29) is 43.2 Å². The molecule has 36 heavy (non-hydrogen) atoms. The fraction of sp³-hybridized carbons (Fsp3) is 0.600. The number of carbonyl (C=O) groups excluding carboxylic acids is 3. The minimum absolute atomic E-state index is 0.0222. The highest BCUT2D eigenvalue weighted by Crippen LogP contribution is 2.15. The van der Waals surface area contributed by atoms with E-state index in [4.69, 9.17) is 15.3 Å². The predicted molar refractivity (Wildman–Crippen MR) is 135 cm³/mol. The zero-order valence-electron chi connectivity index (χ0n) is 21.5. The minimum Gasteiger partial charge on any atom is -0.481 e. The first-order valence-electron chi connectivity index (χ1n) is 12.2. The zero-order valence-corrected chi connectivity index (χ0v) is 21.5. The van der Waals surface area contributed by atoms with Crippen molar-refractivity contribution < 1.29 is 29.0 Å². The van der Waals surface area contributed by atoms with Crippen LogP contribution in [-0.2, 0) is 23.9 Å². The fourth-order valence-electron chi connectivity index (χ4n) is 3.30. The molecule has 0 spiro atoms. The maximum absolute atomic E-state index is 13.0. The number of carbonyl (C=O) groups is 4. The quantitative estimate of drug-likeness (QED) is 0.152. The van der Waals surface area contributed by atoms with Gasteiger partial charge in [0.15, 0.2) is 0 Å². The van der Waals surface area contributed by atoms with Crippen molar-refractivity contribution in [1.29, 1.82) is 5.41 Å². The lowest BCUT2D eigenvalue weighted by molar-refractivity contribution is -0.139. The van der Waals surface area contributed by atoms with Gasteiger partial charge in [0, 0.05) is 25.6 Å². The number of hydrogen-bond donors (Lipinski definition) is 4. The molecule has 11 nitrogen and oxygen atoms in total. The summed E-state index contributed by atoms with van der Waals surface area (Å²) < 4.78 is 6.09. The maximum Gasteiger partial charge on any atom is 0.352 e. The van der Waals surface area contributed by atoms with Crippen LogP contribution in [-0.4, -0.2) is 51.8 Å². The third kappa shape index (κ3) is 11.3. The lowest BCUT2D eigenvalue weighted by Crippen LogP contribution is -2.38. The molecule has 0 bridgehead atoms. The van der Waals surface area contributed by atoms with E-state index in [0.717, 1.165) is 11.0 Å². The van der Waals surface area contributed by atoms with Crippen LogP contribution < -0.4 is 16.2 Å². The largest absolute Gasteiger partial charge is 0.481 e. The van der Waals surface area contributed by atoms with E-state index in [1.165, 1.54) is 18.3 Å². The number of nitrogens with one attached hydrogen (secondary N) is 3. The van der Waals surface area contributed by atoms with Crippen molar-refractivity contribution in [3.8, 4) is 0 Å². The van der Waals surface area contributed by atoms with Crippen molar-refractivity contribution in [3.63, 3.8) is 0 Å². The highest BCUT2D eigenvalue weighted by molar-refractivity contribution is 6.35. The molecule has 2 amide bonds. The number of aromatic nitrogens is 1. The smallest absolute Gasteiger partial charge is 0.352 e. The number of ether oxygens (including phenoxy) is 1. The zero-order chi connectivity index (χ0) is 27.3. The molecule has 1 rings (SSSR count). The lowest BCUT2D eigenvalue weighted by atomic mass is 10.1. The van der Waals surface area contributed by atoms with E-state index in [0.29, 0.717) is 25.3 Å². The molecule has 0 radical (unpaired) electrons. The van der Waals surface area contributed by atoms with E-state index in [1.54, 1.807) is 13.8 Å². The second kappa shape index (κ2) is 15.5. The summed E-state index contributed by atoms with van der Waals surface area (Å²) in [4.78, 5) is 60.9. The molecule has 1 aromatic heterocycles. The molecule has 0 aliphatic heterocycles. The Morgan fingerprint density at radius 3 is 2.33 bits per heavy atom. The van der Waals surface area contributed by atoms with Gasteiger partial charge in [-0.15, -0.1) is 0 Å². The Balaban J connectivity index is 2.79. The Hall–Kier alpha value is -3.50. The number of amides is 2. The third-order valence-electron chi connectivity index (χ3n) is 5.21. The molecule has 0 aliphatic carbocycles. The van der Waals surface area contributed by atoms with Gasteiger partial charge in [-0.2, -0.15) is 0 Å². The number of rotatable bonds is 16. The van der Waals surface area contributed by atoms with Crippen LogP contribution in [0.15, 0.2) is 23.1 Å². The van der Waals surface area contributed by atoms with E-state index >= 15 is 0 Å². The van der Waals surface area contributed by atoms with E-state index in [9.17, 15) is 24.0 Å². The Morgan fingerprint density at radius 1 is 1.06 bits per heavy atom. The number of anilines is 1. The van der Waals surface area contributed by atoms with Crippen molar-refractivity contribution in [2.45, 2.75) is 84.8 Å². The van der Waals surface area contributed by atoms with E-state index in [2.05, 4.69) is 10.6 Å². The van der Waals surface area contributed by atoms with Gasteiger partial charge in [-0.3, -0.25) is 24.6 Å². The van der Waals surface area contributed by atoms with Crippen molar-refractivity contribution in [2.75, 3.05) is 11.9 Å². The maximum atomic E-state index is 13.0. The summed E-state index contributed by atoms with van der Waals surface area (Å²) in [5, 5.41) is 22.1. The van der Waals surface area contributed by atoms with Crippen LogP contribution in [0.3, 0.4) is 0 Å². The summed E-state index contributed by atoms with van der Waals surface area (Å²) in [6.07, 6.45) is 2.50. The second-order valence-electron chi connectivity index (χ2n) is 9.24. The number of esters is 1. The first kappa shape index (κ1) is 30.5. The number of carboxylic acid groups (broad SMARTS) is 1. The van der Waals surface area contributed by atoms with Crippen LogP contribution >= 0.6 is 0 Å². The Kier molecular flexibility index (Phi) is 13.1. The van der Waals surface area contributed by atoms with E-state index in [1.807, 2.05) is 13.8 Å². The van der Waals surface area contributed by atoms with E-state index < -0.39 is 35.4 Å². The molecule has 0 aromatic carbocycles. The average molecular weight is 507 g/mol. The van der Waals surface area contributed by atoms with Crippen LogP contribution in [0.1, 0.15) is 78.7 Å². The minimum atomic E-state index is -1.09. The molecular formula is C25H38N4O7. The van der Waals surface area contributed by atoms with Crippen molar-refractivity contribution in [1.82, 2.24) is 9.88 Å². The Bertz CT molecular complexity index is 985. The monoisotopic (exact) mass is 506 g/mol. The number of aliphatic carboxylic acids is 1. The van der Waals surface area contributed by atoms with Gasteiger partial charge in [-0.25, -0.2) is 4.79 Å². The highest BCUT2D eigenvalue weighted by Gasteiger charge is 2.23.